The molecule has 0 atom stereocenters. The van der Waals surface area contributed by atoms with Crippen LogP contribution in [0.25, 0.3) is 0 Å². The van der Waals surface area contributed by atoms with Gasteiger partial charge in [-0.2, -0.15) is 0 Å². The number of non-ortho nitro benzene ring substituents is 1. The first-order valence-electron chi connectivity index (χ1n) is 7.30. The molecule has 23 heavy (non-hydrogen) atoms. The third kappa shape index (κ3) is 4.41. The number of anilines is 1. The van der Waals surface area contributed by atoms with E-state index in [1.165, 1.54) is 25.3 Å². The van der Waals surface area contributed by atoms with E-state index in [0.717, 1.165) is 25.7 Å². The number of hydrogen-bond donors (Lipinski definition) is 1. The Kier molecular flexibility index (Phi) is 5.51. The maximum absolute atomic E-state index is 11.8. The van der Waals surface area contributed by atoms with Crippen LogP contribution in [-0.2, 0) is 14.3 Å². The highest BCUT2D eigenvalue weighted by molar-refractivity contribution is 5.94. The topological polar surface area (TPSA) is 108 Å². The molecule has 124 valence electrons. The van der Waals surface area contributed by atoms with Gasteiger partial charge in [-0.1, -0.05) is 12.8 Å². The minimum Gasteiger partial charge on any atom is -0.494 e. The van der Waals surface area contributed by atoms with Crippen LogP contribution in [0, 0.1) is 16.0 Å². The molecule has 0 radical (unpaired) electrons. The van der Waals surface area contributed by atoms with Crippen LogP contribution in [0.4, 0.5) is 11.4 Å². The number of carbonyl (C=O) groups is 2. The molecule has 1 fully saturated rings. The van der Waals surface area contributed by atoms with Gasteiger partial charge < -0.3 is 14.8 Å². The van der Waals surface area contributed by atoms with Crippen LogP contribution in [0.2, 0.25) is 0 Å². The molecule has 8 nitrogen and oxygen atoms in total. The van der Waals surface area contributed by atoms with Gasteiger partial charge in [0.1, 0.15) is 5.75 Å². The molecule has 1 aliphatic carbocycles. The van der Waals surface area contributed by atoms with Gasteiger partial charge in [0.15, 0.2) is 6.61 Å². The lowest BCUT2D eigenvalue weighted by molar-refractivity contribution is -0.384. The molecule has 1 aromatic carbocycles. The lowest BCUT2D eigenvalue weighted by Crippen LogP contribution is -2.24. The number of benzene rings is 1. The summed E-state index contributed by atoms with van der Waals surface area (Å²) in [6, 6.07) is 3.83. The number of esters is 1. The summed E-state index contributed by atoms with van der Waals surface area (Å²) in [7, 11) is 1.34. The van der Waals surface area contributed by atoms with Crippen LogP contribution < -0.4 is 10.1 Å². The van der Waals surface area contributed by atoms with Crippen LogP contribution in [0.3, 0.4) is 0 Å². The third-order valence-electron chi connectivity index (χ3n) is 3.70. The van der Waals surface area contributed by atoms with Crippen molar-refractivity contribution in [1.82, 2.24) is 0 Å². The number of nitrogens with one attached hydrogen (secondary N) is 1. The van der Waals surface area contributed by atoms with E-state index >= 15 is 0 Å². The third-order valence-corrected chi connectivity index (χ3v) is 3.70. The Hall–Kier alpha value is -2.64. The summed E-state index contributed by atoms with van der Waals surface area (Å²) in [5.74, 6) is -0.830. The van der Waals surface area contributed by atoms with E-state index in [0.29, 0.717) is 0 Å². The van der Waals surface area contributed by atoms with Crippen LogP contribution in [0.1, 0.15) is 25.7 Å². The number of ether oxygens (including phenoxy) is 2. The fourth-order valence-electron chi connectivity index (χ4n) is 2.50. The number of nitrogens with zero attached hydrogens (tertiary/aromatic N) is 1. The standard InChI is InChI=1S/C15H18N2O6/c1-22-13-8-11(17(20)21)6-7-12(13)16-14(18)9-23-15(19)10-4-2-3-5-10/h6-8,10H,2-5,9H2,1H3,(H,16,18). The average Bonchev–Trinajstić information content (AvgIpc) is 3.07. The number of nitro benzene ring substituents is 1. The summed E-state index contributed by atoms with van der Waals surface area (Å²) in [5, 5.41) is 13.2. The Morgan fingerprint density at radius 1 is 1.35 bits per heavy atom. The minimum absolute atomic E-state index is 0.114. The highest BCUT2D eigenvalue weighted by Crippen LogP contribution is 2.29. The predicted molar refractivity (Wildman–Crippen MR) is 81.2 cm³/mol. The molecular weight excluding hydrogens is 304 g/mol. The Bertz CT molecular complexity index is 610. The lowest BCUT2D eigenvalue weighted by atomic mass is 10.1. The molecule has 0 saturated heterocycles. The molecule has 1 N–H and O–H groups in total. The molecule has 1 aliphatic rings. The summed E-state index contributed by atoms with van der Waals surface area (Å²) in [4.78, 5) is 33.7. The van der Waals surface area contributed by atoms with Gasteiger partial charge in [-0.05, 0) is 18.9 Å². The summed E-state index contributed by atoms with van der Waals surface area (Å²) in [6.07, 6.45) is 3.62. The van der Waals surface area contributed by atoms with Gasteiger partial charge in [-0.3, -0.25) is 19.7 Å². The number of carbonyl (C=O) groups excluding carboxylic acids is 2. The number of amides is 1. The quantitative estimate of drug-likeness (QED) is 0.489. The van der Waals surface area contributed by atoms with Crippen molar-refractivity contribution in [3.05, 3.63) is 28.3 Å². The Morgan fingerprint density at radius 2 is 2.04 bits per heavy atom. The largest absolute Gasteiger partial charge is 0.494 e. The van der Waals surface area contributed by atoms with Gasteiger partial charge in [0, 0.05) is 6.07 Å². The molecule has 0 unspecified atom stereocenters. The molecule has 1 aromatic rings. The molecule has 8 heteroatoms. The van der Waals surface area contributed by atoms with Crippen LogP contribution in [-0.4, -0.2) is 30.5 Å². The molecular formula is C15H18N2O6. The predicted octanol–water partition coefficient (Wildman–Crippen LogP) is 2.28. The molecule has 2 rings (SSSR count). The lowest BCUT2D eigenvalue weighted by Gasteiger charge is -2.11. The normalized spacial score (nSPS) is 14.3. The number of nitro groups is 1. The van der Waals surface area contributed by atoms with E-state index in [2.05, 4.69) is 5.32 Å². The van der Waals surface area contributed by atoms with Gasteiger partial charge in [0.05, 0.1) is 29.7 Å². The fraction of sp³-hybridized carbons (Fsp3) is 0.467. The minimum atomic E-state index is -0.558. The van der Waals surface area contributed by atoms with Crippen molar-refractivity contribution in [3.63, 3.8) is 0 Å². The first-order valence-corrected chi connectivity index (χ1v) is 7.30. The van der Waals surface area contributed by atoms with E-state index in [-0.39, 0.29) is 29.0 Å². The molecule has 1 amide bonds. The second kappa shape index (κ2) is 7.57. The maximum Gasteiger partial charge on any atom is 0.309 e. The Morgan fingerprint density at radius 3 is 2.65 bits per heavy atom. The zero-order valence-electron chi connectivity index (χ0n) is 12.7. The molecule has 0 aliphatic heterocycles. The average molecular weight is 322 g/mol. The van der Waals surface area contributed by atoms with Crippen molar-refractivity contribution >= 4 is 23.3 Å². The van der Waals surface area contributed by atoms with E-state index in [1.807, 2.05) is 0 Å². The highest BCUT2D eigenvalue weighted by Gasteiger charge is 2.24. The fourth-order valence-corrected chi connectivity index (χ4v) is 2.50. The first kappa shape index (κ1) is 16.7. The molecule has 0 aromatic heterocycles. The van der Waals surface area contributed by atoms with Crippen molar-refractivity contribution in [2.24, 2.45) is 5.92 Å². The molecule has 0 bridgehead atoms. The Balaban J connectivity index is 1.91. The molecule has 1 saturated carbocycles. The zero-order valence-corrected chi connectivity index (χ0v) is 12.7. The number of methoxy groups -OCH3 is 1. The van der Waals surface area contributed by atoms with Gasteiger partial charge in [-0.15, -0.1) is 0 Å². The molecule has 0 heterocycles. The molecule has 0 spiro atoms. The van der Waals surface area contributed by atoms with Gasteiger partial charge in [0.25, 0.3) is 11.6 Å². The van der Waals surface area contributed by atoms with Crippen molar-refractivity contribution in [3.8, 4) is 5.75 Å². The van der Waals surface area contributed by atoms with E-state index in [1.54, 1.807) is 0 Å². The van der Waals surface area contributed by atoms with E-state index in [4.69, 9.17) is 9.47 Å². The second-order valence-corrected chi connectivity index (χ2v) is 5.28. The van der Waals surface area contributed by atoms with Crippen molar-refractivity contribution in [2.45, 2.75) is 25.7 Å². The van der Waals surface area contributed by atoms with E-state index in [9.17, 15) is 19.7 Å². The van der Waals surface area contributed by atoms with Crippen LogP contribution in [0.15, 0.2) is 18.2 Å². The van der Waals surface area contributed by atoms with E-state index < -0.39 is 17.4 Å². The first-order chi connectivity index (χ1) is 11.0. The maximum atomic E-state index is 11.8. The van der Waals surface area contributed by atoms with Crippen molar-refractivity contribution < 1.29 is 24.0 Å². The Labute approximate surface area is 132 Å². The van der Waals surface area contributed by atoms with Gasteiger partial charge in [0.2, 0.25) is 0 Å². The monoisotopic (exact) mass is 322 g/mol. The zero-order chi connectivity index (χ0) is 16.8. The SMILES string of the molecule is COc1cc([N+](=O)[O-])ccc1NC(=O)COC(=O)C1CCCC1. The smallest absolute Gasteiger partial charge is 0.309 e. The van der Waals surface area contributed by atoms with Crippen molar-refractivity contribution in [2.75, 3.05) is 19.0 Å². The van der Waals surface area contributed by atoms with Gasteiger partial charge >= 0.3 is 5.97 Å². The highest BCUT2D eigenvalue weighted by atomic mass is 16.6. The van der Waals surface area contributed by atoms with Gasteiger partial charge in [-0.25, -0.2) is 0 Å². The number of hydrogen-bond acceptors (Lipinski definition) is 6. The summed E-state index contributed by atoms with van der Waals surface area (Å²) in [6.45, 7) is -0.393. The summed E-state index contributed by atoms with van der Waals surface area (Å²) < 4.78 is 10.0. The summed E-state index contributed by atoms with van der Waals surface area (Å²) >= 11 is 0. The summed E-state index contributed by atoms with van der Waals surface area (Å²) in [5.41, 5.74) is 0.132. The number of rotatable bonds is 6. The van der Waals surface area contributed by atoms with Crippen molar-refractivity contribution in [1.29, 1.82) is 0 Å². The second-order valence-electron chi connectivity index (χ2n) is 5.28. The van der Waals surface area contributed by atoms with Crippen LogP contribution in [0.5, 0.6) is 5.75 Å². The van der Waals surface area contributed by atoms with Crippen LogP contribution >= 0.6 is 0 Å².